The third kappa shape index (κ3) is 3.13. The molecule has 156 valence electrons. The lowest BCUT2D eigenvalue weighted by Crippen LogP contribution is -2.48. The van der Waals surface area contributed by atoms with E-state index in [4.69, 9.17) is 0 Å². The Morgan fingerprint density at radius 1 is 1.00 bits per heavy atom. The van der Waals surface area contributed by atoms with Crippen molar-refractivity contribution in [2.24, 2.45) is 5.92 Å². The van der Waals surface area contributed by atoms with Crippen LogP contribution in [0.5, 0.6) is 0 Å². The number of nitrogens with zero attached hydrogens (tertiary/aromatic N) is 1. The fourth-order valence-electron chi connectivity index (χ4n) is 6.00. The lowest BCUT2D eigenvalue weighted by Gasteiger charge is -2.45. The fraction of sp³-hybridized carbons (Fsp3) is 0.462. The summed E-state index contributed by atoms with van der Waals surface area (Å²) in [5.74, 6) is 1.29. The van der Waals surface area contributed by atoms with Crippen LogP contribution in [0.25, 0.3) is 0 Å². The molecule has 1 N–H and O–H groups in total. The Labute approximate surface area is 178 Å². The van der Waals surface area contributed by atoms with Gasteiger partial charge in [0, 0.05) is 31.3 Å². The van der Waals surface area contributed by atoms with E-state index in [2.05, 4.69) is 53.8 Å². The van der Waals surface area contributed by atoms with Gasteiger partial charge in [-0.3, -0.25) is 9.59 Å². The number of likely N-dealkylation sites (tertiary alicyclic amines) is 1. The van der Waals surface area contributed by atoms with Crippen LogP contribution in [0.15, 0.2) is 48.5 Å². The van der Waals surface area contributed by atoms with Gasteiger partial charge in [0.1, 0.15) is 6.04 Å². The zero-order chi connectivity index (χ0) is 20.7. The van der Waals surface area contributed by atoms with Gasteiger partial charge in [0.05, 0.1) is 0 Å². The molecule has 0 saturated carbocycles. The maximum atomic E-state index is 13.0. The summed E-state index contributed by atoms with van der Waals surface area (Å²) in [6.07, 6.45) is 4.13. The summed E-state index contributed by atoms with van der Waals surface area (Å²) >= 11 is 0. The zero-order valence-corrected chi connectivity index (χ0v) is 17.6. The van der Waals surface area contributed by atoms with E-state index < -0.39 is 0 Å². The van der Waals surface area contributed by atoms with E-state index in [1.54, 1.807) is 4.90 Å². The van der Waals surface area contributed by atoms with E-state index in [1.807, 2.05) is 6.92 Å². The van der Waals surface area contributed by atoms with Gasteiger partial charge in [-0.05, 0) is 53.9 Å². The minimum atomic E-state index is -0.288. The quantitative estimate of drug-likeness (QED) is 0.815. The number of carbonyl (C=O) groups is 2. The molecule has 1 heterocycles. The molecular formula is C26H30N2O2. The fourth-order valence-corrected chi connectivity index (χ4v) is 6.00. The first-order valence-corrected chi connectivity index (χ1v) is 11.4. The van der Waals surface area contributed by atoms with Crippen LogP contribution in [-0.2, 0) is 9.59 Å². The normalized spacial score (nSPS) is 26.2. The molecule has 0 aromatic heterocycles. The van der Waals surface area contributed by atoms with Gasteiger partial charge in [0.2, 0.25) is 11.8 Å². The molecule has 3 aliphatic carbocycles. The van der Waals surface area contributed by atoms with Crippen molar-refractivity contribution in [1.82, 2.24) is 10.2 Å². The number of amides is 2. The molecule has 4 heteroatoms. The maximum absolute atomic E-state index is 13.0. The Morgan fingerprint density at radius 3 is 2.27 bits per heavy atom. The van der Waals surface area contributed by atoms with Gasteiger partial charge in [-0.1, -0.05) is 55.5 Å². The van der Waals surface area contributed by atoms with E-state index in [0.717, 1.165) is 25.7 Å². The average Bonchev–Trinajstić information content (AvgIpc) is 3.28. The average molecular weight is 403 g/mol. The minimum Gasteiger partial charge on any atom is -0.354 e. The van der Waals surface area contributed by atoms with Crippen molar-refractivity contribution in [3.05, 3.63) is 70.8 Å². The molecule has 0 radical (unpaired) electrons. The van der Waals surface area contributed by atoms with Crippen molar-refractivity contribution in [3.8, 4) is 0 Å². The Bertz CT molecular complexity index is 922. The first-order chi connectivity index (χ1) is 14.7. The Morgan fingerprint density at radius 2 is 1.63 bits per heavy atom. The maximum Gasteiger partial charge on any atom is 0.242 e. The summed E-state index contributed by atoms with van der Waals surface area (Å²) in [4.78, 5) is 27.2. The van der Waals surface area contributed by atoms with Crippen LogP contribution in [0.4, 0.5) is 0 Å². The molecule has 1 fully saturated rings. The summed E-state index contributed by atoms with van der Waals surface area (Å²) in [5, 5.41) is 3.23. The third-order valence-electron chi connectivity index (χ3n) is 7.30. The van der Waals surface area contributed by atoms with Crippen LogP contribution in [-0.4, -0.2) is 35.8 Å². The van der Waals surface area contributed by atoms with E-state index in [9.17, 15) is 9.59 Å². The van der Waals surface area contributed by atoms with E-state index in [-0.39, 0.29) is 17.9 Å². The predicted molar refractivity (Wildman–Crippen MR) is 117 cm³/mol. The number of hydrogen-bond donors (Lipinski definition) is 1. The van der Waals surface area contributed by atoms with Gasteiger partial charge in [0.15, 0.2) is 0 Å². The lowest BCUT2D eigenvalue weighted by atomic mass is 9.59. The highest BCUT2D eigenvalue weighted by atomic mass is 16.2. The molecule has 2 unspecified atom stereocenters. The van der Waals surface area contributed by atoms with Crippen LogP contribution in [0, 0.1) is 5.92 Å². The van der Waals surface area contributed by atoms with Crippen molar-refractivity contribution in [2.75, 3.05) is 13.1 Å². The molecule has 30 heavy (non-hydrogen) atoms. The van der Waals surface area contributed by atoms with E-state index in [0.29, 0.717) is 37.3 Å². The number of hydrogen-bond acceptors (Lipinski definition) is 2. The molecule has 2 amide bonds. The number of rotatable bonds is 5. The first-order valence-electron chi connectivity index (χ1n) is 11.4. The molecule has 6 rings (SSSR count). The number of benzene rings is 2. The molecule has 2 aromatic carbocycles. The second-order valence-corrected chi connectivity index (χ2v) is 9.02. The molecule has 4 aliphatic rings. The standard InChI is InChI=1S/C26H30N2O2/c1-2-8-24(29)28-14-7-13-23(28)26(30)27-16-17-15-22-18-9-3-5-11-20(18)25(17)21-12-6-4-10-19(21)22/h3-6,9-12,17,22-23,25H,2,7-8,13-16H2,1H3,(H,27,30). The Balaban J connectivity index is 1.33. The van der Waals surface area contributed by atoms with Crippen molar-refractivity contribution in [1.29, 1.82) is 0 Å². The Hall–Kier alpha value is -2.62. The van der Waals surface area contributed by atoms with Crippen molar-refractivity contribution in [2.45, 2.75) is 56.9 Å². The second-order valence-electron chi connectivity index (χ2n) is 9.02. The van der Waals surface area contributed by atoms with Gasteiger partial charge in [-0.25, -0.2) is 0 Å². The zero-order valence-electron chi connectivity index (χ0n) is 17.6. The molecular weight excluding hydrogens is 372 g/mol. The number of carbonyl (C=O) groups excluding carboxylic acids is 2. The second kappa shape index (κ2) is 7.90. The molecule has 1 aliphatic heterocycles. The first kappa shape index (κ1) is 19.3. The highest BCUT2D eigenvalue weighted by Gasteiger charge is 2.43. The van der Waals surface area contributed by atoms with Crippen molar-refractivity contribution in [3.63, 3.8) is 0 Å². The van der Waals surface area contributed by atoms with E-state index in [1.165, 1.54) is 22.3 Å². The summed E-state index contributed by atoms with van der Waals surface area (Å²) in [6.45, 7) is 3.40. The highest BCUT2D eigenvalue weighted by Crippen LogP contribution is 2.55. The Kier molecular flexibility index (Phi) is 5.10. The largest absolute Gasteiger partial charge is 0.354 e. The van der Waals surface area contributed by atoms with Gasteiger partial charge in [0.25, 0.3) is 0 Å². The third-order valence-corrected chi connectivity index (χ3v) is 7.30. The molecule has 2 aromatic rings. The van der Waals surface area contributed by atoms with Crippen LogP contribution < -0.4 is 5.32 Å². The van der Waals surface area contributed by atoms with Crippen LogP contribution in [0.2, 0.25) is 0 Å². The summed E-state index contributed by atoms with van der Waals surface area (Å²) in [5.41, 5.74) is 5.76. The van der Waals surface area contributed by atoms with Gasteiger partial charge in [-0.2, -0.15) is 0 Å². The SMILES string of the molecule is CCCC(=O)N1CCCC1C(=O)NCC1CC2c3ccccc3C1c1ccccc12. The molecule has 1 saturated heterocycles. The predicted octanol–water partition coefficient (Wildman–Crippen LogP) is 4.19. The topological polar surface area (TPSA) is 49.4 Å². The van der Waals surface area contributed by atoms with E-state index >= 15 is 0 Å². The number of nitrogens with one attached hydrogen (secondary N) is 1. The lowest BCUT2D eigenvalue weighted by molar-refractivity contribution is -0.138. The van der Waals surface area contributed by atoms with Crippen molar-refractivity contribution < 1.29 is 9.59 Å². The molecule has 2 bridgehead atoms. The number of fused-ring (bicyclic) bond motifs is 1. The summed E-state index contributed by atoms with van der Waals surface area (Å²) in [6, 6.07) is 17.3. The minimum absolute atomic E-state index is 0.0278. The van der Waals surface area contributed by atoms with Crippen LogP contribution in [0.3, 0.4) is 0 Å². The molecule has 4 nitrogen and oxygen atoms in total. The van der Waals surface area contributed by atoms with Gasteiger partial charge < -0.3 is 10.2 Å². The molecule has 2 atom stereocenters. The van der Waals surface area contributed by atoms with Crippen LogP contribution in [0.1, 0.15) is 73.1 Å². The van der Waals surface area contributed by atoms with Crippen LogP contribution >= 0.6 is 0 Å². The van der Waals surface area contributed by atoms with Gasteiger partial charge >= 0.3 is 0 Å². The van der Waals surface area contributed by atoms with Crippen molar-refractivity contribution >= 4 is 11.8 Å². The summed E-state index contributed by atoms with van der Waals surface area (Å²) < 4.78 is 0. The summed E-state index contributed by atoms with van der Waals surface area (Å²) in [7, 11) is 0. The molecule has 0 spiro atoms. The van der Waals surface area contributed by atoms with Gasteiger partial charge in [-0.15, -0.1) is 0 Å². The highest BCUT2D eigenvalue weighted by molar-refractivity contribution is 5.88. The smallest absolute Gasteiger partial charge is 0.242 e. The monoisotopic (exact) mass is 402 g/mol.